The number of aromatic nitrogens is 4. The van der Waals surface area contributed by atoms with Crippen LogP contribution in [0.2, 0.25) is 0 Å². The third-order valence-electron chi connectivity index (χ3n) is 10.5. The molecule has 1 aliphatic rings. The molecule has 6 aromatic rings. The first-order valence-electron chi connectivity index (χ1n) is 18.6. The summed E-state index contributed by atoms with van der Waals surface area (Å²) in [7, 11) is 0. The lowest BCUT2D eigenvalue weighted by Gasteiger charge is -2.30. The Balaban J connectivity index is 1.34. The Morgan fingerprint density at radius 1 is 0.820 bits per heavy atom. The number of benzene rings is 3. The number of hydrogen-bond acceptors (Lipinski definition) is 3. The number of ether oxygens (including phenoxy) is 1. The number of aryl methyl sites for hydroxylation is 1. The third kappa shape index (κ3) is 6.27. The van der Waals surface area contributed by atoms with Crippen LogP contribution in [0.15, 0.2) is 90.6 Å². The minimum atomic E-state index is 0.317. The molecule has 3 heterocycles. The summed E-state index contributed by atoms with van der Waals surface area (Å²) in [4.78, 5) is 4.86. The van der Waals surface area contributed by atoms with Crippen LogP contribution in [-0.4, -0.2) is 19.3 Å². The van der Waals surface area contributed by atoms with Crippen LogP contribution in [0.5, 0.6) is 11.5 Å². The predicted molar refractivity (Wildman–Crippen MR) is 209 cm³/mol. The maximum absolute atomic E-state index is 6.81. The van der Waals surface area contributed by atoms with Gasteiger partial charge in [0.2, 0.25) is 0 Å². The summed E-state index contributed by atoms with van der Waals surface area (Å²) in [5, 5.41) is 7.64. The molecule has 50 heavy (non-hydrogen) atoms. The number of para-hydroxylation sites is 1. The topological polar surface area (TPSA) is 44.9 Å². The highest BCUT2D eigenvalue weighted by Crippen LogP contribution is 2.44. The molecule has 0 amide bonds. The monoisotopic (exact) mass is 664 g/mol. The van der Waals surface area contributed by atoms with Crippen LogP contribution in [-0.2, 0) is 6.42 Å². The molecule has 258 valence electrons. The van der Waals surface area contributed by atoms with Gasteiger partial charge in [-0.2, -0.15) is 5.10 Å². The second-order valence-electron chi connectivity index (χ2n) is 15.6. The molecule has 0 spiro atoms. The van der Waals surface area contributed by atoms with Crippen LogP contribution in [0.1, 0.15) is 114 Å². The van der Waals surface area contributed by atoms with Crippen molar-refractivity contribution in [1.82, 2.24) is 19.3 Å². The second-order valence-corrected chi connectivity index (χ2v) is 15.6. The van der Waals surface area contributed by atoms with E-state index < -0.39 is 0 Å². The van der Waals surface area contributed by atoms with Gasteiger partial charge < -0.3 is 4.74 Å². The molecule has 5 nitrogen and oxygen atoms in total. The van der Waals surface area contributed by atoms with Crippen LogP contribution in [0.3, 0.4) is 0 Å². The maximum atomic E-state index is 6.81. The maximum Gasteiger partial charge on any atom is 0.137 e. The average Bonchev–Trinajstić information content (AvgIpc) is 3.59. The zero-order valence-electron chi connectivity index (χ0n) is 31.3. The molecule has 0 fully saturated rings. The Morgan fingerprint density at radius 3 is 2.34 bits per heavy atom. The predicted octanol–water partition coefficient (Wildman–Crippen LogP) is 12.4. The SMILES string of the molecule is CC1=CCCC(C)[C@H]1c1c(C)nn(-c2cc(Oc3ccc4c5ccccc5n(-c5cc(CC(C)C)ccn5)c4c3)cc(C(C)C)c2)c1C(C)C. The summed E-state index contributed by atoms with van der Waals surface area (Å²) in [6, 6.07) is 26.1. The van der Waals surface area contributed by atoms with E-state index in [2.05, 4.69) is 150 Å². The number of fused-ring (bicyclic) bond motifs is 3. The second kappa shape index (κ2) is 13.6. The van der Waals surface area contributed by atoms with E-state index in [0.717, 1.165) is 46.2 Å². The van der Waals surface area contributed by atoms with Gasteiger partial charge in [0.05, 0.1) is 28.1 Å². The van der Waals surface area contributed by atoms with Crippen molar-refractivity contribution in [3.8, 4) is 23.0 Å². The van der Waals surface area contributed by atoms with E-state index in [1.165, 1.54) is 51.6 Å². The lowest BCUT2D eigenvalue weighted by Crippen LogP contribution is -2.18. The number of rotatable bonds is 9. The van der Waals surface area contributed by atoms with Crippen LogP contribution >= 0.6 is 0 Å². The smallest absolute Gasteiger partial charge is 0.137 e. The minimum absolute atomic E-state index is 0.317. The van der Waals surface area contributed by atoms with E-state index in [-0.39, 0.29) is 0 Å². The Labute approximate surface area is 298 Å². The van der Waals surface area contributed by atoms with Gasteiger partial charge in [0.25, 0.3) is 0 Å². The largest absolute Gasteiger partial charge is 0.457 e. The Morgan fingerprint density at radius 2 is 1.60 bits per heavy atom. The fourth-order valence-electron chi connectivity index (χ4n) is 8.22. The Hall–Kier alpha value is -4.64. The molecule has 2 atom stereocenters. The zero-order valence-corrected chi connectivity index (χ0v) is 31.3. The molecular weight excluding hydrogens is 613 g/mol. The molecule has 0 saturated carbocycles. The highest BCUT2D eigenvalue weighted by atomic mass is 16.5. The highest BCUT2D eigenvalue weighted by Gasteiger charge is 2.32. The third-order valence-corrected chi connectivity index (χ3v) is 10.5. The van der Waals surface area contributed by atoms with Crippen molar-refractivity contribution in [3.05, 3.63) is 119 Å². The summed E-state index contributed by atoms with van der Waals surface area (Å²) in [5.41, 5.74) is 11.1. The first kappa shape index (κ1) is 33.8. The molecule has 0 saturated heterocycles. The van der Waals surface area contributed by atoms with Gasteiger partial charge in [-0.05, 0) is 110 Å². The molecular formula is C45H52N4O. The standard InChI is InChI=1S/C45H52N4O/c1-27(2)21-33-19-20-46-42(22-33)48-40-16-11-10-15-38(40)39-18-17-36(26-41(39)48)50-37-24-34(28(3)4)23-35(25-37)49-45(29(5)6)44(32(9)47-49)43-30(7)13-12-14-31(43)8/h10-11,13,15-20,22-29,31,43H,12,14,21H2,1-9H3/t31?,43-/m0/s1. The van der Waals surface area contributed by atoms with E-state index in [9.17, 15) is 0 Å². The number of hydrogen-bond donors (Lipinski definition) is 0. The fraction of sp³-hybridized carbons (Fsp3) is 0.378. The molecule has 0 radical (unpaired) electrons. The molecule has 0 aliphatic heterocycles. The van der Waals surface area contributed by atoms with Crippen molar-refractivity contribution >= 4 is 21.8 Å². The summed E-state index contributed by atoms with van der Waals surface area (Å²) >= 11 is 0. The van der Waals surface area contributed by atoms with E-state index in [4.69, 9.17) is 14.8 Å². The number of nitrogens with zero attached hydrogens (tertiary/aromatic N) is 4. The van der Waals surface area contributed by atoms with E-state index in [0.29, 0.717) is 29.6 Å². The Bertz CT molecular complexity index is 2210. The van der Waals surface area contributed by atoms with Gasteiger partial charge in [-0.1, -0.05) is 78.3 Å². The molecule has 1 unspecified atom stereocenters. The van der Waals surface area contributed by atoms with Crippen LogP contribution in [0.4, 0.5) is 0 Å². The lowest BCUT2D eigenvalue weighted by atomic mass is 9.74. The van der Waals surface area contributed by atoms with E-state index >= 15 is 0 Å². The fourth-order valence-corrected chi connectivity index (χ4v) is 8.22. The first-order valence-corrected chi connectivity index (χ1v) is 18.6. The van der Waals surface area contributed by atoms with Gasteiger partial charge in [-0.15, -0.1) is 0 Å². The molecule has 5 heteroatoms. The van der Waals surface area contributed by atoms with Gasteiger partial charge in [0.15, 0.2) is 0 Å². The van der Waals surface area contributed by atoms with Crippen molar-refractivity contribution < 1.29 is 4.74 Å². The summed E-state index contributed by atoms with van der Waals surface area (Å²) in [6.45, 7) is 20.5. The van der Waals surface area contributed by atoms with Crippen molar-refractivity contribution in [2.24, 2.45) is 11.8 Å². The van der Waals surface area contributed by atoms with Crippen molar-refractivity contribution in [1.29, 1.82) is 0 Å². The van der Waals surface area contributed by atoms with E-state index in [1.807, 2.05) is 6.20 Å². The number of pyridine rings is 1. The molecule has 3 aromatic carbocycles. The number of allylic oxidation sites excluding steroid dienone is 2. The van der Waals surface area contributed by atoms with Crippen molar-refractivity contribution in [2.45, 2.75) is 99.3 Å². The van der Waals surface area contributed by atoms with Crippen LogP contribution in [0.25, 0.3) is 33.3 Å². The normalized spacial score (nSPS) is 16.7. The summed E-state index contributed by atoms with van der Waals surface area (Å²) < 4.78 is 11.3. The highest BCUT2D eigenvalue weighted by molar-refractivity contribution is 6.09. The molecule has 1 aliphatic carbocycles. The van der Waals surface area contributed by atoms with Gasteiger partial charge in [-0.3, -0.25) is 4.57 Å². The quantitative estimate of drug-likeness (QED) is 0.145. The lowest BCUT2D eigenvalue weighted by molar-refractivity contribution is 0.445. The molecule has 0 N–H and O–H groups in total. The van der Waals surface area contributed by atoms with Gasteiger partial charge >= 0.3 is 0 Å². The Kier molecular flexibility index (Phi) is 9.19. The van der Waals surface area contributed by atoms with Gasteiger partial charge in [-0.25, -0.2) is 9.67 Å². The van der Waals surface area contributed by atoms with Gasteiger partial charge in [0.1, 0.15) is 17.3 Å². The zero-order chi connectivity index (χ0) is 35.3. The van der Waals surface area contributed by atoms with Crippen LogP contribution in [0, 0.1) is 18.8 Å². The average molecular weight is 665 g/mol. The van der Waals surface area contributed by atoms with Crippen molar-refractivity contribution in [2.75, 3.05) is 0 Å². The molecule has 3 aromatic heterocycles. The van der Waals surface area contributed by atoms with Crippen LogP contribution < -0.4 is 4.74 Å². The minimum Gasteiger partial charge on any atom is -0.457 e. The summed E-state index contributed by atoms with van der Waals surface area (Å²) in [5.74, 6) is 4.75. The van der Waals surface area contributed by atoms with E-state index in [1.54, 1.807) is 0 Å². The van der Waals surface area contributed by atoms with Crippen molar-refractivity contribution in [3.63, 3.8) is 0 Å². The first-order chi connectivity index (χ1) is 24.0. The van der Waals surface area contributed by atoms with Gasteiger partial charge in [0, 0.05) is 40.6 Å². The molecule has 7 rings (SSSR count). The molecule has 0 bridgehead atoms. The summed E-state index contributed by atoms with van der Waals surface area (Å²) in [6.07, 6.45) is 7.77.